The molecule has 2 amide bonds. The van der Waals surface area contributed by atoms with Crippen molar-refractivity contribution in [3.8, 4) is 11.3 Å². The fraction of sp³-hybridized carbons (Fsp3) is 0.286. The third-order valence-corrected chi connectivity index (χ3v) is 3.51. The summed E-state index contributed by atoms with van der Waals surface area (Å²) in [5.74, 6) is 0.630. The lowest BCUT2D eigenvalue weighted by Gasteiger charge is -2.03. The second kappa shape index (κ2) is 5.66. The molecule has 1 fully saturated rings. The van der Waals surface area contributed by atoms with Crippen molar-refractivity contribution in [3.63, 3.8) is 0 Å². The Kier molecular flexibility index (Phi) is 3.73. The molecule has 1 heterocycles. The van der Waals surface area contributed by atoms with Gasteiger partial charge in [0.2, 0.25) is 0 Å². The highest BCUT2D eigenvalue weighted by atomic mass is 79.9. The number of urea groups is 1. The summed E-state index contributed by atoms with van der Waals surface area (Å²) in [5.41, 5.74) is 1.72. The summed E-state index contributed by atoms with van der Waals surface area (Å²) in [7, 11) is 0. The summed E-state index contributed by atoms with van der Waals surface area (Å²) < 4.78 is 6.21. The van der Waals surface area contributed by atoms with Crippen molar-refractivity contribution in [1.29, 1.82) is 0 Å². The summed E-state index contributed by atoms with van der Waals surface area (Å²) in [5, 5.41) is 9.62. The van der Waals surface area contributed by atoms with Crippen LogP contribution in [0.3, 0.4) is 0 Å². The van der Waals surface area contributed by atoms with Crippen molar-refractivity contribution in [3.05, 3.63) is 40.6 Å². The molecule has 3 rings (SSSR count). The maximum atomic E-state index is 11.5. The Balaban J connectivity index is 1.60. The number of halogens is 1. The number of aromatic nitrogens is 1. The molecule has 1 aromatic carbocycles. The molecule has 1 saturated carbocycles. The van der Waals surface area contributed by atoms with Gasteiger partial charge in [-0.25, -0.2) is 4.79 Å². The van der Waals surface area contributed by atoms with Crippen molar-refractivity contribution >= 4 is 22.0 Å². The van der Waals surface area contributed by atoms with Gasteiger partial charge in [-0.05, 0) is 25.0 Å². The minimum atomic E-state index is -0.159. The number of rotatable bonds is 4. The molecule has 0 bridgehead atoms. The molecule has 104 valence electrons. The first kappa shape index (κ1) is 13.2. The average Bonchev–Trinajstić information content (AvgIpc) is 3.11. The summed E-state index contributed by atoms with van der Waals surface area (Å²) in [6.45, 7) is 0.333. The molecular weight excluding hydrogens is 322 g/mol. The van der Waals surface area contributed by atoms with Crippen molar-refractivity contribution in [2.75, 3.05) is 0 Å². The summed E-state index contributed by atoms with van der Waals surface area (Å²) >= 11 is 3.42. The molecule has 20 heavy (non-hydrogen) atoms. The Bertz CT molecular complexity index is 622. The highest BCUT2D eigenvalue weighted by molar-refractivity contribution is 9.10. The van der Waals surface area contributed by atoms with Gasteiger partial charge in [0.1, 0.15) is 5.69 Å². The van der Waals surface area contributed by atoms with Crippen LogP contribution in [0.1, 0.15) is 18.6 Å². The topological polar surface area (TPSA) is 67.2 Å². The molecule has 0 aliphatic heterocycles. The molecule has 1 aliphatic carbocycles. The lowest BCUT2D eigenvalue weighted by molar-refractivity contribution is 0.238. The van der Waals surface area contributed by atoms with Crippen LogP contribution in [0.25, 0.3) is 11.3 Å². The van der Waals surface area contributed by atoms with Crippen LogP contribution in [0.15, 0.2) is 39.3 Å². The van der Waals surface area contributed by atoms with Gasteiger partial charge in [0.05, 0.1) is 6.54 Å². The molecule has 1 aromatic heterocycles. The number of carbonyl (C=O) groups excluding carboxylic acids is 1. The third kappa shape index (κ3) is 3.39. The van der Waals surface area contributed by atoms with E-state index in [4.69, 9.17) is 4.52 Å². The van der Waals surface area contributed by atoms with Gasteiger partial charge in [0.25, 0.3) is 0 Å². The zero-order valence-corrected chi connectivity index (χ0v) is 12.3. The smallest absolute Gasteiger partial charge is 0.315 e. The highest BCUT2D eigenvalue weighted by Crippen LogP contribution is 2.22. The summed E-state index contributed by atoms with van der Waals surface area (Å²) in [4.78, 5) is 11.5. The Morgan fingerprint density at radius 1 is 1.40 bits per heavy atom. The molecule has 0 saturated heterocycles. The van der Waals surface area contributed by atoms with Gasteiger partial charge in [-0.1, -0.05) is 33.2 Å². The summed E-state index contributed by atoms with van der Waals surface area (Å²) in [6.07, 6.45) is 2.14. The first-order valence-electron chi connectivity index (χ1n) is 6.46. The third-order valence-electron chi connectivity index (χ3n) is 3.02. The maximum Gasteiger partial charge on any atom is 0.315 e. The van der Waals surface area contributed by atoms with E-state index in [0.717, 1.165) is 28.6 Å². The van der Waals surface area contributed by atoms with Crippen molar-refractivity contribution in [2.24, 2.45) is 0 Å². The van der Waals surface area contributed by atoms with Crippen LogP contribution < -0.4 is 10.6 Å². The lowest BCUT2D eigenvalue weighted by atomic mass is 10.1. The SMILES string of the molecule is O=C(NCc1cc(-c2cccc(Br)c2)no1)NC1CC1. The van der Waals surface area contributed by atoms with Crippen LogP contribution in [-0.2, 0) is 6.54 Å². The molecule has 0 atom stereocenters. The summed E-state index contributed by atoms with van der Waals surface area (Å²) in [6, 6.07) is 9.84. The maximum absolute atomic E-state index is 11.5. The van der Waals surface area contributed by atoms with Crippen LogP contribution >= 0.6 is 15.9 Å². The van der Waals surface area contributed by atoms with Gasteiger partial charge >= 0.3 is 6.03 Å². The highest BCUT2D eigenvalue weighted by Gasteiger charge is 2.23. The van der Waals surface area contributed by atoms with E-state index in [1.165, 1.54) is 0 Å². The van der Waals surface area contributed by atoms with E-state index in [9.17, 15) is 4.79 Å². The largest absolute Gasteiger partial charge is 0.359 e. The number of benzene rings is 1. The average molecular weight is 336 g/mol. The molecular formula is C14H14BrN3O2. The predicted molar refractivity (Wildman–Crippen MR) is 78.0 cm³/mol. The second-order valence-electron chi connectivity index (χ2n) is 4.79. The molecule has 0 radical (unpaired) electrons. The Morgan fingerprint density at radius 2 is 2.25 bits per heavy atom. The van der Waals surface area contributed by atoms with Crippen molar-refractivity contribution < 1.29 is 9.32 Å². The van der Waals surface area contributed by atoms with E-state index in [0.29, 0.717) is 18.3 Å². The van der Waals surface area contributed by atoms with Crippen molar-refractivity contribution in [1.82, 2.24) is 15.8 Å². The quantitative estimate of drug-likeness (QED) is 0.902. The number of amides is 2. The van der Waals surface area contributed by atoms with Gasteiger partial charge in [-0.15, -0.1) is 0 Å². The number of nitrogens with one attached hydrogen (secondary N) is 2. The number of nitrogens with zero attached hydrogens (tertiary/aromatic N) is 1. The lowest BCUT2D eigenvalue weighted by Crippen LogP contribution is -2.36. The monoisotopic (exact) mass is 335 g/mol. The number of hydrogen-bond acceptors (Lipinski definition) is 3. The Hall–Kier alpha value is -1.82. The molecule has 6 heteroatoms. The van der Waals surface area contributed by atoms with Gasteiger partial charge < -0.3 is 15.2 Å². The molecule has 2 aromatic rings. The van der Waals surface area contributed by atoms with Gasteiger partial charge in [0.15, 0.2) is 5.76 Å². The van der Waals surface area contributed by atoms with E-state index >= 15 is 0 Å². The van der Waals surface area contributed by atoms with E-state index < -0.39 is 0 Å². The standard InChI is InChI=1S/C14H14BrN3O2/c15-10-3-1-2-9(6-10)13-7-12(20-18-13)8-16-14(19)17-11-4-5-11/h1-3,6-7,11H,4-5,8H2,(H2,16,17,19). The van der Waals surface area contributed by atoms with E-state index in [1.54, 1.807) is 0 Å². The van der Waals surface area contributed by atoms with Crippen LogP contribution in [-0.4, -0.2) is 17.2 Å². The molecule has 0 spiro atoms. The van der Waals surface area contributed by atoms with Crippen LogP contribution in [0.2, 0.25) is 0 Å². The molecule has 0 unspecified atom stereocenters. The van der Waals surface area contributed by atoms with Crippen LogP contribution in [0, 0.1) is 0 Å². The molecule has 5 nitrogen and oxygen atoms in total. The van der Waals surface area contributed by atoms with E-state index in [1.807, 2.05) is 30.3 Å². The molecule has 1 aliphatic rings. The fourth-order valence-electron chi connectivity index (χ4n) is 1.81. The van der Waals surface area contributed by atoms with Crippen LogP contribution in [0.4, 0.5) is 4.79 Å². The first-order chi connectivity index (χ1) is 9.70. The normalized spacial score (nSPS) is 14.1. The Morgan fingerprint density at radius 3 is 3.00 bits per heavy atom. The zero-order valence-electron chi connectivity index (χ0n) is 10.7. The number of hydrogen-bond donors (Lipinski definition) is 2. The minimum Gasteiger partial charge on any atom is -0.359 e. The minimum absolute atomic E-state index is 0.159. The zero-order chi connectivity index (χ0) is 13.9. The number of carbonyl (C=O) groups is 1. The first-order valence-corrected chi connectivity index (χ1v) is 7.26. The van der Waals surface area contributed by atoms with Crippen molar-refractivity contribution in [2.45, 2.75) is 25.4 Å². The predicted octanol–water partition coefficient (Wildman–Crippen LogP) is 3.07. The van der Waals surface area contributed by atoms with Crippen LogP contribution in [0.5, 0.6) is 0 Å². The molecule has 2 N–H and O–H groups in total. The second-order valence-corrected chi connectivity index (χ2v) is 5.71. The van der Waals surface area contributed by atoms with E-state index in [2.05, 4.69) is 31.7 Å². The fourth-order valence-corrected chi connectivity index (χ4v) is 2.21. The Labute approximate surface area is 124 Å². The van der Waals surface area contributed by atoms with E-state index in [-0.39, 0.29) is 6.03 Å². The van der Waals surface area contributed by atoms with Gasteiger partial charge in [0, 0.05) is 22.1 Å². The van der Waals surface area contributed by atoms with Gasteiger partial charge in [-0.3, -0.25) is 0 Å². The van der Waals surface area contributed by atoms with Gasteiger partial charge in [-0.2, -0.15) is 0 Å².